The Hall–Kier alpha value is -0.900. The van der Waals surface area contributed by atoms with Crippen LogP contribution in [0, 0.1) is 0 Å². The first kappa shape index (κ1) is 15.5. The fourth-order valence-corrected chi connectivity index (χ4v) is 2.80. The van der Waals surface area contributed by atoms with Crippen LogP contribution >= 0.6 is 0 Å². The highest BCUT2D eigenvalue weighted by Crippen LogP contribution is 2.31. The molecule has 0 amide bonds. The lowest BCUT2D eigenvalue weighted by Crippen LogP contribution is -2.25. The number of nitrogens with zero attached hydrogens (tertiary/aromatic N) is 1. The Bertz CT molecular complexity index is 392. The van der Waals surface area contributed by atoms with Crippen molar-refractivity contribution < 1.29 is 4.74 Å². The minimum absolute atomic E-state index is 0.309. The number of rotatable bonds is 8. The number of hydrogen-bond acceptors (Lipinski definition) is 3. The summed E-state index contributed by atoms with van der Waals surface area (Å²) in [5, 5.41) is 3.45. The van der Waals surface area contributed by atoms with Gasteiger partial charge in [-0.05, 0) is 64.0 Å². The molecule has 1 N–H and O–H groups in total. The van der Waals surface area contributed by atoms with Gasteiger partial charge in [0.05, 0.1) is 12.7 Å². The Morgan fingerprint density at radius 2 is 2.10 bits per heavy atom. The molecule has 3 heteroatoms. The minimum atomic E-state index is 0.309. The molecule has 20 heavy (non-hydrogen) atoms. The number of ether oxygens (including phenoxy) is 1. The van der Waals surface area contributed by atoms with Crippen molar-refractivity contribution in [3.63, 3.8) is 0 Å². The molecule has 0 fully saturated rings. The summed E-state index contributed by atoms with van der Waals surface area (Å²) in [4.78, 5) is 2.22. The number of fused-ring (bicyclic) bond motifs is 1. The average molecular weight is 276 g/mol. The molecule has 0 aliphatic heterocycles. The molecule has 1 aliphatic rings. The summed E-state index contributed by atoms with van der Waals surface area (Å²) in [5.74, 6) is 0. The highest BCUT2D eigenvalue weighted by atomic mass is 16.5. The van der Waals surface area contributed by atoms with E-state index in [1.54, 1.807) is 0 Å². The molecule has 0 spiro atoms. The summed E-state index contributed by atoms with van der Waals surface area (Å²) in [7, 11) is 4.23. The molecular weight excluding hydrogens is 248 g/mol. The van der Waals surface area contributed by atoms with Gasteiger partial charge < -0.3 is 15.0 Å². The van der Waals surface area contributed by atoms with Crippen molar-refractivity contribution in [3.05, 3.63) is 35.4 Å². The zero-order valence-corrected chi connectivity index (χ0v) is 12.9. The second kappa shape index (κ2) is 8.40. The van der Waals surface area contributed by atoms with Gasteiger partial charge in [-0.15, -0.1) is 0 Å². The standard InChI is InChI=1S/C17H28N2O/c1-19(2)13-6-11-18-12-14-20-17-10-5-8-15-7-3-4-9-16(15)17/h3-4,7,9,17-18H,5-6,8,10-14H2,1-2H3. The summed E-state index contributed by atoms with van der Waals surface area (Å²) in [6, 6.07) is 8.72. The van der Waals surface area contributed by atoms with Gasteiger partial charge in [-0.1, -0.05) is 24.3 Å². The van der Waals surface area contributed by atoms with Crippen molar-refractivity contribution in [3.8, 4) is 0 Å². The van der Waals surface area contributed by atoms with Crippen LogP contribution in [-0.2, 0) is 11.2 Å². The zero-order valence-electron chi connectivity index (χ0n) is 12.9. The fraction of sp³-hybridized carbons (Fsp3) is 0.647. The number of nitrogens with one attached hydrogen (secondary N) is 1. The van der Waals surface area contributed by atoms with E-state index in [9.17, 15) is 0 Å². The van der Waals surface area contributed by atoms with Gasteiger partial charge in [0.25, 0.3) is 0 Å². The molecule has 0 radical (unpaired) electrons. The first-order valence-electron chi connectivity index (χ1n) is 7.82. The molecule has 1 aliphatic carbocycles. The third kappa shape index (κ3) is 4.89. The Labute approximate surface area is 123 Å². The van der Waals surface area contributed by atoms with Crippen molar-refractivity contribution in [2.24, 2.45) is 0 Å². The smallest absolute Gasteiger partial charge is 0.0828 e. The molecular formula is C17H28N2O. The summed E-state index contributed by atoms with van der Waals surface area (Å²) < 4.78 is 6.06. The molecule has 0 saturated carbocycles. The number of aryl methyl sites for hydroxylation is 1. The zero-order chi connectivity index (χ0) is 14.2. The molecule has 0 saturated heterocycles. The van der Waals surface area contributed by atoms with Crippen LogP contribution < -0.4 is 5.32 Å². The van der Waals surface area contributed by atoms with E-state index >= 15 is 0 Å². The summed E-state index contributed by atoms with van der Waals surface area (Å²) in [6.45, 7) is 3.97. The van der Waals surface area contributed by atoms with E-state index in [1.165, 1.54) is 30.4 Å². The molecule has 0 aromatic heterocycles. The molecule has 1 atom stereocenters. The molecule has 2 rings (SSSR count). The van der Waals surface area contributed by atoms with Gasteiger partial charge in [0.15, 0.2) is 0 Å². The van der Waals surface area contributed by atoms with Crippen LogP contribution in [0.4, 0.5) is 0 Å². The van der Waals surface area contributed by atoms with Gasteiger partial charge in [-0.2, -0.15) is 0 Å². The number of hydrogen-bond donors (Lipinski definition) is 1. The van der Waals surface area contributed by atoms with Crippen LogP contribution in [0.25, 0.3) is 0 Å². The maximum Gasteiger partial charge on any atom is 0.0828 e. The SMILES string of the molecule is CN(C)CCCNCCOC1CCCc2ccccc21. The van der Waals surface area contributed by atoms with Crippen LogP contribution in [0.1, 0.15) is 36.5 Å². The third-order valence-electron chi connectivity index (χ3n) is 3.87. The van der Waals surface area contributed by atoms with E-state index in [2.05, 4.69) is 48.6 Å². The first-order valence-corrected chi connectivity index (χ1v) is 7.82. The van der Waals surface area contributed by atoms with E-state index in [0.29, 0.717) is 6.10 Å². The van der Waals surface area contributed by atoms with Gasteiger partial charge >= 0.3 is 0 Å². The van der Waals surface area contributed by atoms with Gasteiger partial charge in [-0.25, -0.2) is 0 Å². The summed E-state index contributed by atoms with van der Waals surface area (Å²) >= 11 is 0. The Morgan fingerprint density at radius 1 is 1.25 bits per heavy atom. The van der Waals surface area contributed by atoms with Crippen molar-refractivity contribution >= 4 is 0 Å². The molecule has 0 heterocycles. The molecule has 0 bridgehead atoms. The van der Waals surface area contributed by atoms with Gasteiger partial charge in [0.1, 0.15) is 0 Å². The first-order chi connectivity index (χ1) is 9.77. The van der Waals surface area contributed by atoms with E-state index in [4.69, 9.17) is 4.74 Å². The van der Waals surface area contributed by atoms with Crippen molar-refractivity contribution in [2.75, 3.05) is 40.3 Å². The van der Waals surface area contributed by atoms with Crippen LogP contribution in [-0.4, -0.2) is 45.2 Å². The Morgan fingerprint density at radius 3 is 2.95 bits per heavy atom. The quantitative estimate of drug-likeness (QED) is 0.739. The lowest BCUT2D eigenvalue weighted by Gasteiger charge is -2.25. The number of benzene rings is 1. The van der Waals surface area contributed by atoms with E-state index < -0.39 is 0 Å². The van der Waals surface area contributed by atoms with E-state index in [0.717, 1.165) is 32.7 Å². The van der Waals surface area contributed by atoms with Crippen LogP contribution in [0.5, 0.6) is 0 Å². The summed E-state index contributed by atoms with van der Waals surface area (Å²) in [6.07, 6.45) is 5.12. The van der Waals surface area contributed by atoms with Crippen LogP contribution in [0.2, 0.25) is 0 Å². The lowest BCUT2D eigenvalue weighted by atomic mass is 9.89. The average Bonchev–Trinajstić information content (AvgIpc) is 2.46. The van der Waals surface area contributed by atoms with Crippen LogP contribution in [0.3, 0.4) is 0 Å². The maximum absolute atomic E-state index is 6.06. The second-order valence-corrected chi connectivity index (χ2v) is 5.86. The fourth-order valence-electron chi connectivity index (χ4n) is 2.80. The summed E-state index contributed by atoms with van der Waals surface area (Å²) in [5.41, 5.74) is 2.88. The van der Waals surface area contributed by atoms with Crippen molar-refractivity contribution in [1.82, 2.24) is 10.2 Å². The lowest BCUT2D eigenvalue weighted by molar-refractivity contribution is 0.0427. The predicted octanol–water partition coefficient (Wildman–Crippen LogP) is 2.62. The Kier molecular flexibility index (Phi) is 6.51. The van der Waals surface area contributed by atoms with E-state index in [-0.39, 0.29) is 0 Å². The highest BCUT2D eigenvalue weighted by molar-refractivity contribution is 5.31. The maximum atomic E-state index is 6.06. The molecule has 1 unspecified atom stereocenters. The Balaban J connectivity index is 1.63. The molecule has 112 valence electrons. The second-order valence-electron chi connectivity index (χ2n) is 5.86. The van der Waals surface area contributed by atoms with Crippen molar-refractivity contribution in [1.29, 1.82) is 0 Å². The highest BCUT2D eigenvalue weighted by Gasteiger charge is 2.19. The molecule has 3 nitrogen and oxygen atoms in total. The van der Waals surface area contributed by atoms with Crippen LogP contribution in [0.15, 0.2) is 24.3 Å². The van der Waals surface area contributed by atoms with Crippen molar-refractivity contribution in [2.45, 2.75) is 31.8 Å². The van der Waals surface area contributed by atoms with E-state index in [1.807, 2.05) is 0 Å². The molecule has 1 aromatic carbocycles. The predicted molar refractivity (Wildman–Crippen MR) is 84.1 cm³/mol. The molecule has 1 aromatic rings. The van der Waals surface area contributed by atoms with Gasteiger partial charge in [0.2, 0.25) is 0 Å². The monoisotopic (exact) mass is 276 g/mol. The van der Waals surface area contributed by atoms with Gasteiger partial charge in [-0.3, -0.25) is 0 Å². The minimum Gasteiger partial charge on any atom is -0.372 e. The topological polar surface area (TPSA) is 24.5 Å². The normalized spacial score (nSPS) is 18.2. The van der Waals surface area contributed by atoms with Gasteiger partial charge in [0, 0.05) is 6.54 Å². The third-order valence-corrected chi connectivity index (χ3v) is 3.87. The largest absolute Gasteiger partial charge is 0.372 e.